The summed E-state index contributed by atoms with van der Waals surface area (Å²) in [5, 5.41) is 2.66. The van der Waals surface area contributed by atoms with Gasteiger partial charge in [0.1, 0.15) is 5.56 Å². The first kappa shape index (κ1) is 17.3. The van der Waals surface area contributed by atoms with E-state index < -0.39 is 18.5 Å². The smallest absolute Gasteiger partial charge is 0.342 e. The Morgan fingerprint density at radius 3 is 2.33 bits per heavy atom. The largest absolute Gasteiger partial charge is 0.493 e. The molecule has 2 aromatic rings. The molecule has 0 aromatic heterocycles. The van der Waals surface area contributed by atoms with Gasteiger partial charge in [0, 0.05) is 5.69 Å². The summed E-state index contributed by atoms with van der Waals surface area (Å²) >= 11 is 0. The number of carbonyl (C=O) groups excluding carboxylic acids is 2. The second-order valence-corrected chi connectivity index (χ2v) is 5.03. The van der Waals surface area contributed by atoms with Crippen LogP contribution in [0.15, 0.2) is 42.5 Å². The zero-order valence-corrected chi connectivity index (χ0v) is 13.8. The minimum Gasteiger partial charge on any atom is -0.493 e. The molecule has 0 unspecified atom stereocenters. The minimum absolute atomic E-state index is 0.194. The van der Waals surface area contributed by atoms with E-state index in [2.05, 4.69) is 5.32 Å². The van der Waals surface area contributed by atoms with Crippen LogP contribution in [0.1, 0.15) is 15.9 Å². The van der Waals surface area contributed by atoms with Crippen molar-refractivity contribution in [3.63, 3.8) is 0 Å². The van der Waals surface area contributed by atoms with Gasteiger partial charge in [0.15, 0.2) is 18.1 Å². The molecule has 0 saturated carbocycles. The molecule has 0 atom stereocenters. The van der Waals surface area contributed by atoms with Crippen LogP contribution in [0.3, 0.4) is 0 Å². The van der Waals surface area contributed by atoms with Crippen molar-refractivity contribution in [3.8, 4) is 11.5 Å². The quantitative estimate of drug-likeness (QED) is 0.825. The highest BCUT2D eigenvalue weighted by atomic mass is 16.5. The first-order valence-corrected chi connectivity index (χ1v) is 7.29. The van der Waals surface area contributed by atoms with Gasteiger partial charge in [0.2, 0.25) is 0 Å². The fourth-order valence-corrected chi connectivity index (χ4v) is 2.09. The molecule has 0 aliphatic carbocycles. The zero-order valence-electron chi connectivity index (χ0n) is 13.8. The molecule has 2 aromatic carbocycles. The van der Waals surface area contributed by atoms with Crippen LogP contribution in [0.2, 0.25) is 0 Å². The van der Waals surface area contributed by atoms with Gasteiger partial charge in [0.05, 0.1) is 14.2 Å². The van der Waals surface area contributed by atoms with E-state index >= 15 is 0 Å². The second-order valence-electron chi connectivity index (χ2n) is 5.03. The molecule has 1 N–H and O–H groups in total. The van der Waals surface area contributed by atoms with Gasteiger partial charge in [-0.2, -0.15) is 0 Å². The summed E-state index contributed by atoms with van der Waals surface area (Å²) in [6.45, 7) is 1.56. The van der Waals surface area contributed by atoms with Gasteiger partial charge in [0.25, 0.3) is 5.91 Å². The summed E-state index contributed by atoms with van der Waals surface area (Å²) in [7, 11) is 2.90. The van der Waals surface area contributed by atoms with E-state index in [9.17, 15) is 9.59 Å². The van der Waals surface area contributed by atoms with Crippen LogP contribution in [-0.4, -0.2) is 32.7 Å². The molecular formula is C18H19NO5. The molecule has 0 saturated heterocycles. The molecule has 0 aliphatic rings. The SMILES string of the molecule is COc1cccc(C(=O)OCC(=O)Nc2ccc(C)cc2)c1OC. The maximum absolute atomic E-state index is 12.2. The summed E-state index contributed by atoms with van der Waals surface area (Å²) in [6, 6.07) is 12.2. The van der Waals surface area contributed by atoms with E-state index in [1.807, 2.05) is 19.1 Å². The van der Waals surface area contributed by atoms with Crippen molar-refractivity contribution in [3.05, 3.63) is 53.6 Å². The molecule has 0 heterocycles. The van der Waals surface area contributed by atoms with Crippen molar-refractivity contribution < 1.29 is 23.8 Å². The number of nitrogens with one attached hydrogen (secondary N) is 1. The van der Waals surface area contributed by atoms with E-state index in [1.165, 1.54) is 14.2 Å². The maximum Gasteiger partial charge on any atom is 0.342 e. The number of hydrogen-bond acceptors (Lipinski definition) is 5. The number of ether oxygens (including phenoxy) is 3. The number of benzene rings is 2. The lowest BCUT2D eigenvalue weighted by Crippen LogP contribution is -2.21. The number of anilines is 1. The monoisotopic (exact) mass is 329 g/mol. The normalized spacial score (nSPS) is 9.96. The summed E-state index contributed by atoms with van der Waals surface area (Å²) in [4.78, 5) is 24.0. The molecular weight excluding hydrogens is 310 g/mol. The van der Waals surface area contributed by atoms with E-state index in [-0.39, 0.29) is 11.3 Å². The number of methoxy groups -OCH3 is 2. The van der Waals surface area contributed by atoms with Crippen LogP contribution in [0.25, 0.3) is 0 Å². The van der Waals surface area contributed by atoms with Crippen LogP contribution in [0.5, 0.6) is 11.5 Å². The first-order chi connectivity index (χ1) is 11.5. The number of rotatable bonds is 6. The molecule has 0 spiro atoms. The molecule has 6 heteroatoms. The lowest BCUT2D eigenvalue weighted by molar-refractivity contribution is -0.119. The molecule has 126 valence electrons. The zero-order chi connectivity index (χ0) is 17.5. The van der Waals surface area contributed by atoms with Crippen LogP contribution in [-0.2, 0) is 9.53 Å². The predicted octanol–water partition coefficient (Wildman–Crippen LogP) is 2.81. The Morgan fingerprint density at radius 2 is 1.71 bits per heavy atom. The number of amides is 1. The van der Waals surface area contributed by atoms with Gasteiger partial charge in [-0.15, -0.1) is 0 Å². The highest BCUT2D eigenvalue weighted by Crippen LogP contribution is 2.31. The van der Waals surface area contributed by atoms with Crippen molar-refractivity contribution in [1.29, 1.82) is 0 Å². The second kappa shape index (κ2) is 8.01. The van der Waals surface area contributed by atoms with Crippen molar-refractivity contribution in [1.82, 2.24) is 0 Å². The Kier molecular flexibility index (Phi) is 5.78. The average Bonchev–Trinajstić information content (AvgIpc) is 2.60. The first-order valence-electron chi connectivity index (χ1n) is 7.29. The third-order valence-corrected chi connectivity index (χ3v) is 3.29. The molecule has 2 rings (SSSR count). The highest BCUT2D eigenvalue weighted by molar-refractivity contribution is 5.97. The number of hydrogen-bond donors (Lipinski definition) is 1. The Labute approximate surface area is 140 Å². The standard InChI is InChI=1S/C18H19NO5/c1-12-7-9-13(10-8-12)19-16(20)11-24-18(21)14-5-4-6-15(22-2)17(14)23-3/h4-10H,11H2,1-3H3,(H,19,20). The molecule has 6 nitrogen and oxygen atoms in total. The van der Waals surface area contributed by atoms with Crippen LogP contribution < -0.4 is 14.8 Å². The summed E-state index contributed by atoms with van der Waals surface area (Å²) < 4.78 is 15.3. The molecule has 0 aliphatic heterocycles. The van der Waals surface area contributed by atoms with Gasteiger partial charge in [-0.05, 0) is 31.2 Å². The Bertz CT molecular complexity index is 725. The number of aryl methyl sites for hydroxylation is 1. The minimum atomic E-state index is -0.662. The molecule has 0 bridgehead atoms. The highest BCUT2D eigenvalue weighted by Gasteiger charge is 2.18. The predicted molar refractivity (Wildman–Crippen MR) is 89.6 cm³/mol. The van der Waals surface area contributed by atoms with Crippen LogP contribution >= 0.6 is 0 Å². The molecule has 1 amide bonds. The Balaban J connectivity index is 1.98. The van der Waals surface area contributed by atoms with Gasteiger partial charge in [-0.25, -0.2) is 4.79 Å². The molecule has 0 radical (unpaired) electrons. The summed E-state index contributed by atoms with van der Waals surface area (Å²) in [6.07, 6.45) is 0. The van der Waals surface area contributed by atoms with Crippen molar-refractivity contribution in [2.75, 3.05) is 26.1 Å². The molecule has 0 fully saturated rings. The number of carbonyl (C=O) groups is 2. The van der Waals surface area contributed by atoms with E-state index in [4.69, 9.17) is 14.2 Å². The van der Waals surface area contributed by atoms with Gasteiger partial charge in [-0.3, -0.25) is 4.79 Å². The molecule has 24 heavy (non-hydrogen) atoms. The van der Waals surface area contributed by atoms with E-state index in [1.54, 1.807) is 30.3 Å². The van der Waals surface area contributed by atoms with Gasteiger partial charge < -0.3 is 19.5 Å². The van der Waals surface area contributed by atoms with Crippen molar-refractivity contribution in [2.24, 2.45) is 0 Å². The maximum atomic E-state index is 12.2. The van der Waals surface area contributed by atoms with Crippen molar-refractivity contribution >= 4 is 17.6 Å². The summed E-state index contributed by atoms with van der Waals surface area (Å²) in [5.74, 6) is -0.404. The third-order valence-electron chi connectivity index (χ3n) is 3.29. The number of esters is 1. The fourth-order valence-electron chi connectivity index (χ4n) is 2.09. The average molecular weight is 329 g/mol. The van der Waals surface area contributed by atoms with Crippen molar-refractivity contribution in [2.45, 2.75) is 6.92 Å². The van der Waals surface area contributed by atoms with E-state index in [0.29, 0.717) is 11.4 Å². The fraction of sp³-hybridized carbons (Fsp3) is 0.222. The number of para-hydroxylation sites is 1. The Morgan fingerprint density at radius 1 is 1.00 bits per heavy atom. The lowest BCUT2D eigenvalue weighted by Gasteiger charge is -2.12. The Hall–Kier alpha value is -3.02. The summed E-state index contributed by atoms with van der Waals surface area (Å²) in [5.41, 5.74) is 1.92. The van der Waals surface area contributed by atoms with Gasteiger partial charge >= 0.3 is 5.97 Å². The van der Waals surface area contributed by atoms with Gasteiger partial charge in [-0.1, -0.05) is 23.8 Å². The third kappa shape index (κ3) is 4.25. The van der Waals surface area contributed by atoms with Crippen LogP contribution in [0.4, 0.5) is 5.69 Å². The van der Waals surface area contributed by atoms with Crippen LogP contribution in [0, 0.1) is 6.92 Å². The van der Waals surface area contributed by atoms with E-state index in [0.717, 1.165) is 5.56 Å². The lowest BCUT2D eigenvalue weighted by atomic mass is 10.2. The topological polar surface area (TPSA) is 73.9 Å².